The molecule has 2 rings (SSSR count). The molecule has 126 valence electrons. The van der Waals surface area contributed by atoms with Gasteiger partial charge in [-0.05, 0) is 42.2 Å². The molecule has 2 aromatic rings. The average molecular weight is 346 g/mol. The van der Waals surface area contributed by atoms with Crippen molar-refractivity contribution >= 4 is 29.2 Å². The first-order valence-electron chi connectivity index (χ1n) is 7.72. The van der Waals surface area contributed by atoms with Crippen LogP contribution in [0.5, 0.6) is 0 Å². The molecular weight excluding hydrogens is 326 g/mol. The molecule has 0 spiro atoms. The Morgan fingerprint density at radius 3 is 2.54 bits per heavy atom. The maximum Gasteiger partial charge on any atom is 0.306 e. The first-order chi connectivity index (χ1) is 11.5. The van der Waals surface area contributed by atoms with Gasteiger partial charge in [0.25, 0.3) is 5.91 Å². The summed E-state index contributed by atoms with van der Waals surface area (Å²) in [4.78, 5) is 23.8. The molecule has 2 aromatic carbocycles. The van der Waals surface area contributed by atoms with E-state index < -0.39 is 5.97 Å². The molecule has 0 fully saturated rings. The molecule has 1 amide bonds. The van der Waals surface area contributed by atoms with E-state index in [0.717, 1.165) is 11.1 Å². The monoisotopic (exact) mass is 345 g/mol. The third kappa shape index (κ3) is 5.39. The number of carbonyl (C=O) groups is 2. The lowest BCUT2D eigenvalue weighted by molar-refractivity contribution is -0.147. The van der Waals surface area contributed by atoms with Crippen LogP contribution in [0, 0.1) is 6.92 Å². The van der Waals surface area contributed by atoms with E-state index in [1.165, 1.54) is 0 Å². The zero-order chi connectivity index (χ0) is 17.5. The third-order valence-corrected chi connectivity index (χ3v) is 3.90. The fraction of sp³-hybridized carbons (Fsp3) is 0.263. The molecule has 0 heterocycles. The summed E-state index contributed by atoms with van der Waals surface area (Å²) in [6.07, 6.45) is 0.233. The zero-order valence-corrected chi connectivity index (χ0v) is 14.5. The molecule has 0 aliphatic carbocycles. The fourth-order valence-corrected chi connectivity index (χ4v) is 2.53. The highest BCUT2D eigenvalue weighted by Gasteiger charge is 2.14. The lowest BCUT2D eigenvalue weighted by Gasteiger charge is -2.12. The summed E-state index contributed by atoms with van der Waals surface area (Å²) < 4.78 is 5.05. The Morgan fingerprint density at radius 1 is 1.17 bits per heavy atom. The number of benzene rings is 2. The molecule has 0 bridgehead atoms. The van der Waals surface area contributed by atoms with Gasteiger partial charge in [0.15, 0.2) is 6.61 Å². The van der Waals surface area contributed by atoms with Gasteiger partial charge >= 0.3 is 5.97 Å². The highest BCUT2D eigenvalue weighted by molar-refractivity contribution is 6.30. The molecule has 1 N–H and O–H groups in total. The molecule has 0 radical (unpaired) electrons. The van der Waals surface area contributed by atoms with E-state index in [9.17, 15) is 9.59 Å². The molecule has 4 nitrogen and oxygen atoms in total. The van der Waals surface area contributed by atoms with Crippen molar-refractivity contribution in [1.82, 2.24) is 0 Å². The largest absolute Gasteiger partial charge is 0.456 e. The number of rotatable bonds is 6. The number of halogens is 1. The summed E-state index contributed by atoms with van der Waals surface area (Å²) >= 11 is 5.87. The van der Waals surface area contributed by atoms with Crippen LogP contribution in [-0.2, 0) is 14.3 Å². The topological polar surface area (TPSA) is 55.4 Å². The van der Waals surface area contributed by atoms with Gasteiger partial charge in [-0.3, -0.25) is 9.59 Å². The normalized spacial score (nSPS) is 11.6. The van der Waals surface area contributed by atoms with Crippen LogP contribution in [0.4, 0.5) is 5.69 Å². The van der Waals surface area contributed by atoms with Gasteiger partial charge in [-0.1, -0.05) is 48.9 Å². The Morgan fingerprint density at radius 2 is 1.88 bits per heavy atom. The van der Waals surface area contributed by atoms with Gasteiger partial charge in [0, 0.05) is 10.7 Å². The van der Waals surface area contributed by atoms with Gasteiger partial charge in [0.05, 0.1) is 6.42 Å². The van der Waals surface area contributed by atoms with Crippen LogP contribution in [-0.4, -0.2) is 18.5 Å². The van der Waals surface area contributed by atoms with Crippen LogP contribution in [0.2, 0.25) is 5.02 Å². The fourth-order valence-electron chi connectivity index (χ4n) is 2.31. The molecule has 1 atom stereocenters. The van der Waals surface area contributed by atoms with Gasteiger partial charge < -0.3 is 10.1 Å². The van der Waals surface area contributed by atoms with Crippen molar-refractivity contribution in [2.75, 3.05) is 11.9 Å². The van der Waals surface area contributed by atoms with Gasteiger partial charge in [-0.25, -0.2) is 0 Å². The number of amides is 1. The third-order valence-electron chi connectivity index (χ3n) is 3.67. The summed E-state index contributed by atoms with van der Waals surface area (Å²) in [6, 6.07) is 14.9. The number of aryl methyl sites for hydroxylation is 1. The van der Waals surface area contributed by atoms with Gasteiger partial charge in [0.2, 0.25) is 0 Å². The Hall–Kier alpha value is -2.33. The summed E-state index contributed by atoms with van der Waals surface area (Å²) in [5, 5.41) is 3.31. The zero-order valence-electron chi connectivity index (χ0n) is 13.7. The van der Waals surface area contributed by atoms with E-state index in [4.69, 9.17) is 16.3 Å². The van der Waals surface area contributed by atoms with E-state index in [1.54, 1.807) is 18.2 Å². The number of esters is 1. The van der Waals surface area contributed by atoms with Crippen LogP contribution in [0.25, 0.3) is 0 Å². The van der Waals surface area contributed by atoms with Crippen molar-refractivity contribution < 1.29 is 14.3 Å². The Balaban J connectivity index is 1.80. The maximum absolute atomic E-state index is 11.9. The van der Waals surface area contributed by atoms with Crippen molar-refractivity contribution in [1.29, 1.82) is 0 Å². The highest BCUT2D eigenvalue weighted by atomic mass is 35.5. The summed E-state index contributed by atoms with van der Waals surface area (Å²) in [6.45, 7) is 3.49. The Bertz CT molecular complexity index is 716. The van der Waals surface area contributed by atoms with Gasteiger partial charge in [-0.2, -0.15) is 0 Å². The second-order valence-corrected chi connectivity index (χ2v) is 6.12. The predicted octanol–water partition coefficient (Wildman–Crippen LogP) is 4.32. The molecule has 0 unspecified atom stereocenters. The number of carbonyl (C=O) groups excluding carboxylic acids is 2. The van der Waals surface area contributed by atoms with Gasteiger partial charge in [0.1, 0.15) is 0 Å². The van der Waals surface area contributed by atoms with E-state index >= 15 is 0 Å². The SMILES string of the molecule is Cc1cc(Cl)ccc1NC(=O)COC(=O)C[C@H](C)c1ccccc1. The smallest absolute Gasteiger partial charge is 0.306 e. The average Bonchev–Trinajstić information content (AvgIpc) is 2.56. The number of hydrogen-bond acceptors (Lipinski definition) is 3. The van der Waals surface area contributed by atoms with Crippen molar-refractivity contribution in [2.24, 2.45) is 0 Å². The minimum Gasteiger partial charge on any atom is -0.456 e. The number of hydrogen-bond donors (Lipinski definition) is 1. The molecule has 0 aromatic heterocycles. The number of nitrogens with one attached hydrogen (secondary N) is 1. The second-order valence-electron chi connectivity index (χ2n) is 5.68. The Labute approximate surface area is 146 Å². The summed E-state index contributed by atoms with van der Waals surface area (Å²) in [5.41, 5.74) is 2.56. The van der Waals surface area contributed by atoms with E-state index in [1.807, 2.05) is 44.2 Å². The van der Waals surface area contributed by atoms with E-state index in [0.29, 0.717) is 10.7 Å². The molecule has 0 aliphatic heterocycles. The quantitative estimate of drug-likeness (QED) is 0.793. The molecule has 5 heteroatoms. The van der Waals surface area contributed by atoms with E-state index in [2.05, 4.69) is 5.32 Å². The minimum absolute atomic E-state index is 0.0419. The standard InChI is InChI=1S/C19H20ClNO3/c1-13(15-6-4-3-5-7-15)11-19(23)24-12-18(22)21-17-9-8-16(20)10-14(17)2/h3-10,13H,11-12H2,1-2H3,(H,21,22)/t13-/m0/s1. The highest BCUT2D eigenvalue weighted by Crippen LogP contribution is 2.20. The summed E-state index contributed by atoms with van der Waals surface area (Å²) in [5.74, 6) is -0.726. The van der Waals surface area contributed by atoms with Crippen molar-refractivity contribution in [3.05, 3.63) is 64.7 Å². The van der Waals surface area contributed by atoms with Crippen molar-refractivity contribution in [3.8, 4) is 0 Å². The number of anilines is 1. The van der Waals surface area contributed by atoms with Crippen LogP contribution in [0.1, 0.15) is 30.4 Å². The van der Waals surface area contributed by atoms with E-state index in [-0.39, 0.29) is 24.9 Å². The lowest BCUT2D eigenvalue weighted by Crippen LogP contribution is -2.21. The minimum atomic E-state index is -0.394. The molecule has 0 aliphatic rings. The molecule has 24 heavy (non-hydrogen) atoms. The Kier molecular flexibility index (Phi) is 6.38. The molecular formula is C19H20ClNO3. The lowest BCUT2D eigenvalue weighted by atomic mass is 9.98. The van der Waals surface area contributed by atoms with Crippen LogP contribution in [0.15, 0.2) is 48.5 Å². The second kappa shape index (κ2) is 8.50. The van der Waals surface area contributed by atoms with Gasteiger partial charge in [-0.15, -0.1) is 0 Å². The summed E-state index contributed by atoms with van der Waals surface area (Å²) in [7, 11) is 0. The maximum atomic E-state index is 11.9. The molecule has 0 saturated heterocycles. The predicted molar refractivity (Wildman–Crippen MR) is 95.3 cm³/mol. The van der Waals surface area contributed by atoms with Crippen LogP contribution in [0.3, 0.4) is 0 Å². The van der Waals surface area contributed by atoms with Crippen molar-refractivity contribution in [3.63, 3.8) is 0 Å². The first-order valence-corrected chi connectivity index (χ1v) is 8.10. The van der Waals surface area contributed by atoms with Crippen molar-refractivity contribution in [2.45, 2.75) is 26.2 Å². The number of ether oxygens (including phenoxy) is 1. The van der Waals surface area contributed by atoms with Crippen LogP contribution < -0.4 is 5.32 Å². The van der Waals surface area contributed by atoms with Crippen LogP contribution >= 0.6 is 11.6 Å². The first kappa shape index (κ1) is 18.0. The molecule has 0 saturated carbocycles.